The Bertz CT molecular complexity index is 639. The third kappa shape index (κ3) is 3.25. The minimum Gasteiger partial charge on any atom is -0.485 e. The fourth-order valence-corrected chi connectivity index (χ4v) is 2.63. The molecule has 0 aliphatic carbocycles. The maximum absolute atomic E-state index is 12.2. The van der Waals surface area contributed by atoms with E-state index in [2.05, 4.69) is 5.10 Å². The topological polar surface area (TPSA) is 47.4 Å². The summed E-state index contributed by atoms with van der Waals surface area (Å²) in [6, 6.07) is 9.30. The van der Waals surface area contributed by atoms with Crippen LogP contribution >= 0.6 is 11.6 Å². The molecule has 1 saturated heterocycles. The van der Waals surface area contributed by atoms with Crippen LogP contribution in [0.2, 0.25) is 5.02 Å². The van der Waals surface area contributed by atoms with E-state index >= 15 is 0 Å². The molecular formula is C16H18ClN3O2. The fraction of sp³-hybridized carbons (Fsp3) is 0.375. The number of carbonyl (C=O) groups is 1. The number of rotatable bonds is 5. The van der Waals surface area contributed by atoms with Crippen LogP contribution in [0.1, 0.15) is 19.4 Å². The summed E-state index contributed by atoms with van der Waals surface area (Å²) in [7, 11) is 0. The molecule has 0 unspecified atom stereocenters. The van der Waals surface area contributed by atoms with Crippen molar-refractivity contribution in [3.8, 4) is 5.75 Å². The van der Waals surface area contributed by atoms with Crippen LogP contribution in [0.25, 0.3) is 0 Å². The lowest BCUT2D eigenvalue weighted by Crippen LogP contribution is -2.56. The van der Waals surface area contributed by atoms with E-state index in [9.17, 15) is 4.79 Å². The van der Waals surface area contributed by atoms with Crippen LogP contribution in [0.5, 0.6) is 5.75 Å². The van der Waals surface area contributed by atoms with Gasteiger partial charge in [-0.05, 0) is 25.1 Å². The number of halogens is 1. The first kappa shape index (κ1) is 14.9. The summed E-state index contributed by atoms with van der Waals surface area (Å²) in [6.07, 6.45) is 4.06. The van der Waals surface area contributed by atoms with Gasteiger partial charge in [0.2, 0.25) is 5.91 Å². The van der Waals surface area contributed by atoms with Gasteiger partial charge in [0, 0.05) is 18.8 Å². The third-order valence-corrected chi connectivity index (χ3v) is 4.09. The lowest BCUT2D eigenvalue weighted by Gasteiger charge is -2.39. The molecule has 0 radical (unpaired) electrons. The van der Waals surface area contributed by atoms with Gasteiger partial charge in [-0.25, -0.2) is 0 Å². The van der Waals surface area contributed by atoms with Crippen molar-refractivity contribution in [2.75, 3.05) is 13.1 Å². The van der Waals surface area contributed by atoms with Crippen molar-refractivity contribution in [3.05, 3.63) is 47.7 Å². The zero-order valence-electron chi connectivity index (χ0n) is 12.4. The maximum Gasteiger partial charge on any atom is 0.224 e. The first-order valence-electron chi connectivity index (χ1n) is 7.31. The molecule has 1 amide bonds. The Balaban J connectivity index is 1.47. The van der Waals surface area contributed by atoms with Crippen LogP contribution in [0.15, 0.2) is 42.7 Å². The smallest absolute Gasteiger partial charge is 0.224 e. The van der Waals surface area contributed by atoms with Gasteiger partial charge in [-0.1, -0.05) is 23.7 Å². The number of nitrogens with zero attached hydrogens (tertiary/aromatic N) is 3. The normalized spacial score (nSPS) is 16.2. The number of para-hydroxylation sites is 1. The Morgan fingerprint density at radius 2 is 2.18 bits per heavy atom. The molecule has 0 spiro atoms. The van der Waals surface area contributed by atoms with E-state index in [1.54, 1.807) is 16.9 Å². The Labute approximate surface area is 134 Å². The van der Waals surface area contributed by atoms with Gasteiger partial charge in [-0.2, -0.15) is 5.10 Å². The minimum atomic E-state index is 0.0175. The fourth-order valence-electron chi connectivity index (χ4n) is 2.45. The monoisotopic (exact) mass is 319 g/mol. The highest BCUT2D eigenvalue weighted by Crippen LogP contribution is 2.27. The predicted octanol–water partition coefficient (Wildman–Crippen LogP) is 2.78. The minimum absolute atomic E-state index is 0.0175. The molecule has 1 aromatic heterocycles. The van der Waals surface area contributed by atoms with Gasteiger partial charge in [0.05, 0.1) is 24.2 Å². The lowest BCUT2D eigenvalue weighted by molar-refractivity contribution is -0.140. The van der Waals surface area contributed by atoms with Gasteiger partial charge in [0.1, 0.15) is 11.9 Å². The van der Waals surface area contributed by atoms with Crippen molar-refractivity contribution in [1.29, 1.82) is 0 Å². The van der Waals surface area contributed by atoms with Crippen LogP contribution in [0.3, 0.4) is 0 Å². The molecular weight excluding hydrogens is 302 g/mol. The van der Waals surface area contributed by atoms with E-state index in [1.807, 2.05) is 42.3 Å². The largest absolute Gasteiger partial charge is 0.485 e. The van der Waals surface area contributed by atoms with Gasteiger partial charge in [-0.15, -0.1) is 0 Å². The molecule has 116 valence electrons. The maximum atomic E-state index is 12.2. The zero-order chi connectivity index (χ0) is 15.5. The summed E-state index contributed by atoms with van der Waals surface area (Å²) >= 11 is 6.06. The number of aromatic nitrogens is 2. The van der Waals surface area contributed by atoms with Gasteiger partial charge in [0.25, 0.3) is 0 Å². The molecule has 1 aliphatic heterocycles. The second-order valence-electron chi connectivity index (χ2n) is 5.51. The van der Waals surface area contributed by atoms with Crippen molar-refractivity contribution in [1.82, 2.24) is 14.7 Å². The molecule has 0 bridgehead atoms. The Hall–Kier alpha value is -2.01. The van der Waals surface area contributed by atoms with Crippen molar-refractivity contribution in [2.24, 2.45) is 0 Å². The second kappa shape index (κ2) is 6.40. The molecule has 2 heterocycles. The molecule has 3 rings (SSSR count). The number of carbonyl (C=O) groups excluding carboxylic acids is 1. The summed E-state index contributed by atoms with van der Waals surface area (Å²) in [5, 5.41) is 4.76. The van der Waals surface area contributed by atoms with Crippen molar-refractivity contribution < 1.29 is 9.53 Å². The van der Waals surface area contributed by atoms with Crippen molar-refractivity contribution >= 4 is 17.5 Å². The third-order valence-electron chi connectivity index (χ3n) is 3.78. The molecule has 22 heavy (non-hydrogen) atoms. The van der Waals surface area contributed by atoms with Gasteiger partial charge in [0.15, 0.2) is 0 Å². The van der Waals surface area contributed by atoms with Crippen LogP contribution in [0, 0.1) is 0 Å². The zero-order valence-corrected chi connectivity index (χ0v) is 13.1. The van der Waals surface area contributed by atoms with Crippen molar-refractivity contribution in [2.45, 2.75) is 25.5 Å². The first-order chi connectivity index (χ1) is 10.6. The highest BCUT2D eigenvalue weighted by atomic mass is 35.5. The summed E-state index contributed by atoms with van der Waals surface area (Å²) in [5.74, 6) is 0.799. The molecule has 6 heteroatoms. The summed E-state index contributed by atoms with van der Waals surface area (Å²) in [4.78, 5) is 14.0. The number of amides is 1. The van der Waals surface area contributed by atoms with Crippen LogP contribution in [0.4, 0.5) is 0 Å². The Kier molecular flexibility index (Phi) is 4.34. The van der Waals surface area contributed by atoms with Crippen LogP contribution in [-0.4, -0.2) is 39.8 Å². The number of likely N-dealkylation sites (tertiary alicyclic amines) is 1. The SMILES string of the molecule is C[C@H](CC(=O)N1CC(Oc2ccccc2Cl)C1)n1cccn1. The molecule has 0 saturated carbocycles. The van der Waals surface area contributed by atoms with E-state index in [-0.39, 0.29) is 18.1 Å². The average Bonchev–Trinajstić information content (AvgIpc) is 2.98. The van der Waals surface area contributed by atoms with Gasteiger partial charge < -0.3 is 9.64 Å². The molecule has 2 aromatic rings. The summed E-state index contributed by atoms with van der Waals surface area (Å²) in [6.45, 7) is 3.20. The Morgan fingerprint density at radius 1 is 1.41 bits per heavy atom. The average molecular weight is 320 g/mol. The number of ether oxygens (including phenoxy) is 1. The lowest BCUT2D eigenvalue weighted by atomic mass is 10.1. The predicted molar refractivity (Wildman–Crippen MR) is 84.0 cm³/mol. The van der Waals surface area contributed by atoms with Crippen molar-refractivity contribution in [3.63, 3.8) is 0 Å². The molecule has 1 fully saturated rings. The highest BCUT2D eigenvalue weighted by Gasteiger charge is 2.33. The van der Waals surface area contributed by atoms with Crippen LogP contribution < -0.4 is 4.74 Å². The Morgan fingerprint density at radius 3 is 2.86 bits per heavy atom. The second-order valence-corrected chi connectivity index (χ2v) is 5.92. The number of benzene rings is 1. The van der Waals surface area contributed by atoms with Gasteiger partial charge >= 0.3 is 0 Å². The van der Waals surface area contributed by atoms with E-state index < -0.39 is 0 Å². The van der Waals surface area contributed by atoms with E-state index in [1.165, 1.54) is 0 Å². The molecule has 5 nitrogen and oxygen atoms in total. The van der Waals surface area contributed by atoms with E-state index in [0.717, 1.165) is 0 Å². The van der Waals surface area contributed by atoms with Crippen LogP contribution in [-0.2, 0) is 4.79 Å². The molecule has 1 aromatic carbocycles. The standard InChI is InChI=1S/C16H18ClN3O2/c1-12(20-8-4-7-18-20)9-16(21)19-10-13(11-19)22-15-6-3-2-5-14(15)17/h2-8,12-13H,9-11H2,1H3/t12-/m1/s1. The quantitative estimate of drug-likeness (QED) is 0.851. The first-order valence-corrected chi connectivity index (χ1v) is 7.69. The summed E-state index contributed by atoms with van der Waals surface area (Å²) < 4.78 is 7.60. The number of hydrogen-bond donors (Lipinski definition) is 0. The van der Waals surface area contributed by atoms with E-state index in [0.29, 0.717) is 30.3 Å². The molecule has 1 aliphatic rings. The molecule has 0 N–H and O–H groups in total. The number of hydrogen-bond acceptors (Lipinski definition) is 3. The summed E-state index contributed by atoms with van der Waals surface area (Å²) in [5.41, 5.74) is 0. The van der Waals surface area contributed by atoms with Gasteiger partial charge in [-0.3, -0.25) is 9.48 Å². The van der Waals surface area contributed by atoms with E-state index in [4.69, 9.17) is 16.3 Å². The molecule has 1 atom stereocenters. The highest BCUT2D eigenvalue weighted by molar-refractivity contribution is 6.32.